The van der Waals surface area contributed by atoms with Crippen LogP contribution in [0.5, 0.6) is 0 Å². The molecule has 2 fully saturated rings. The molecule has 2 heteroatoms. The number of hydrogen-bond donors (Lipinski definition) is 1. The van der Waals surface area contributed by atoms with E-state index in [-0.39, 0.29) is 0 Å². The Kier molecular flexibility index (Phi) is 1.90. The van der Waals surface area contributed by atoms with Gasteiger partial charge in [0, 0.05) is 6.61 Å². The highest BCUT2D eigenvalue weighted by Crippen LogP contribution is 2.48. The first-order valence-corrected chi connectivity index (χ1v) is 4.69. The van der Waals surface area contributed by atoms with Gasteiger partial charge in [0.2, 0.25) is 0 Å². The Morgan fingerprint density at radius 2 is 2.27 bits per heavy atom. The van der Waals surface area contributed by atoms with Crippen LogP contribution in [0.25, 0.3) is 0 Å². The van der Waals surface area contributed by atoms with Crippen molar-refractivity contribution in [1.82, 2.24) is 0 Å². The smallest absolute Gasteiger partial charge is 0.0687 e. The van der Waals surface area contributed by atoms with Gasteiger partial charge in [0.25, 0.3) is 0 Å². The Labute approximate surface area is 68.1 Å². The average molecular weight is 155 g/mol. The minimum Gasteiger partial charge on any atom is -0.375 e. The SMILES string of the molecule is NCCC1CCOC2(CC2)C1. The second-order valence-electron chi connectivity index (χ2n) is 3.97. The van der Waals surface area contributed by atoms with E-state index in [4.69, 9.17) is 10.5 Å². The van der Waals surface area contributed by atoms with Gasteiger partial charge in [-0.2, -0.15) is 0 Å². The summed E-state index contributed by atoms with van der Waals surface area (Å²) in [7, 11) is 0. The summed E-state index contributed by atoms with van der Waals surface area (Å²) in [6.07, 6.45) is 6.32. The first-order chi connectivity index (χ1) is 5.35. The van der Waals surface area contributed by atoms with Crippen LogP contribution in [0.2, 0.25) is 0 Å². The van der Waals surface area contributed by atoms with Crippen LogP contribution in [0.3, 0.4) is 0 Å². The number of nitrogens with two attached hydrogens (primary N) is 1. The molecule has 0 aromatic rings. The van der Waals surface area contributed by atoms with E-state index in [9.17, 15) is 0 Å². The molecule has 1 heterocycles. The van der Waals surface area contributed by atoms with Gasteiger partial charge in [-0.1, -0.05) is 0 Å². The van der Waals surface area contributed by atoms with Crippen LogP contribution in [-0.4, -0.2) is 18.8 Å². The zero-order valence-electron chi connectivity index (χ0n) is 7.01. The molecule has 1 aliphatic carbocycles. The van der Waals surface area contributed by atoms with Crippen molar-refractivity contribution in [2.45, 2.75) is 37.7 Å². The van der Waals surface area contributed by atoms with Crippen molar-refractivity contribution < 1.29 is 4.74 Å². The van der Waals surface area contributed by atoms with Crippen LogP contribution in [0.4, 0.5) is 0 Å². The van der Waals surface area contributed by atoms with Gasteiger partial charge < -0.3 is 10.5 Å². The van der Waals surface area contributed by atoms with Gasteiger partial charge in [-0.25, -0.2) is 0 Å². The predicted molar refractivity (Wildman–Crippen MR) is 44.3 cm³/mol. The highest BCUT2D eigenvalue weighted by molar-refractivity contribution is 4.99. The lowest BCUT2D eigenvalue weighted by Crippen LogP contribution is -2.28. The normalized spacial score (nSPS) is 34.1. The standard InChI is InChI=1S/C9H17NO/c10-5-1-8-2-6-11-9(7-8)3-4-9/h8H,1-7,10H2. The fourth-order valence-corrected chi connectivity index (χ4v) is 2.10. The first-order valence-electron chi connectivity index (χ1n) is 4.69. The highest BCUT2D eigenvalue weighted by atomic mass is 16.5. The molecule has 1 atom stereocenters. The number of hydrogen-bond acceptors (Lipinski definition) is 2. The van der Waals surface area contributed by atoms with E-state index in [1.165, 1.54) is 32.1 Å². The highest BCUT2D eigenvalue weighted by Gasteiger charge is 2.47. The summed E-state index contributed by atoms with van der Waals surface area (Å²) in [5.41, 5.74) is 5.87. The zero-order valence-corrected chi connectivity index (χ0v) is 7.01. The van der Waals surface area contributed by atoms with E-state index in [2.05, 4.69) is 0 Å². The van der Waals surface area contributed by atoms with E-state index in [0.717, 1.165) is 19.1 Å². The quantitative estimate of drug-likeness (QED) is 0.652. The Morgan fingerprint density at radius 1 is 1.45 bits per heavy atom. The second-order valence-corrected chi connectivity index (χ2v) is 3.97. The summed E-state index contributed by atoms with van der Waals surface area (Å²) >= 11 is 0. The van der Waals surface area contributed by atoms with Gasteiger partial charge in [-0.3, -0.25) is 0 Å². The van der Waals surface area contributed by atoms with Gasteiger partial charge in [-0.15, -0.1) is 0 Å². The van der Waals surface area contributed by atoms with Crippen molar-refractivity contribution in [2.24, 2.45) is 11.7 Å². The molecule has 1 saturated carbocycles. The summed E-state index contributed by atoms with van der Waals surface area (Å²) in [5.74, 6) is 0.858. The average Bonchev–Trinajstić information content (AvgIpc) is 2.70. The molecular formula is C9H17NO. The Balaban J connectivity index is 1.83. The number of rotatable bonds is 2. The Morgan fingerprint density at radius 3 is 2.91 bits per heavy atom. The van der Waals surface area contributed by atoms with Crippen LogP contribution in [-0.2, 0) is 4.74 Å². The summed E-state index contributed by atoms with van der Waals surface area (Å²) in [6.45, 7) is 1.82. The molecule has 2 N–H and O–H groups in total. The monoisotopic (exact) mass is 155 g/mol. The summed E-state index contributed by atoms with van der Waals surface area (Å²) < 4.78 is 5.71. The lowest BCUT2D eigenvalue weighted by molar-refractivity contribution is -0.0291. The molecule has 64 valence electrons. The third kappa shape index (κ3) is 1.57. The molecule has 0 radical (unpaired) electrons. The topological polar surface area (TPSA) is 35.2 Å². The van der Waals surface area contributed by atoms with Gasteiger partial charge >= 0.3 is 0 Å². The van der Waals surface area contributed by atoms with Crippen molar-refractivity contribution in [3.05, 3.63) is 0 Å². The molecular weight excluding hydrogens is 138 g/mol. The van der Waals surface area contributed by atoms with Crippen LogP contribution < -0.4 is 5.73 Å². The minimum absolute atomic E-state index is 0.345. The Bertz CT molecular complexity index is 140. The lowest BCUT2D eigenvalue weighted by atomic mass is 9.91. The van der Waals surface area contributed by atoms with Gasteiger partial charge in [0.15, 0.2) is 0 Å². The Hall–Kier alpha value is -0.0800. The molecule has 0 bridgehead atoms. The van der Waals surface area contributed by atoms with Gasteiger partial charge in [0.05, 0.1) is 5.60 Å². The molecule has 1 aliphatic heterocycles. The van der Waals surface area contributed by atoms with Crippen LogP contribution in [0.15, 0.2) is 0 Å². The molecule has 0 aromatic carbocycles. The van der Waals surface area contributed by atoms with Gasteiger partial charge in [0.1, 0.15) is 0 Å². The van der Waals surface area contributed by atoms with E-state index in [1.54, 1.807) is 0 Å². The van der Waals surface area contributed by atoms with Crippen molar-refractivity contribution in [2.75, 3.05) is 13.2 Å². The number of ether oxygens (including phenoxy) is 1. The maximum Gasteiger partial charge on any atom is 0.0687 e. The van der Waals surface area contributed by atoms with Crippen molar-refractivity contribution in [1.29, 1.82) is 0 Å². The van der Waals surface area contributed by atoms with Crippen LogP contribution in [0, 0.1) is 5.92 Å². The predicted octanol–water partition coefficient (Wildman–Crippen LogP) is 1.29. The van der Waals surface area contributed by atoms with Crippen LogP contribution >= 0.6 is 0 Å². The maximum atomic E-state index is 5.71. The van der Waals surface area contributed by atoms with Gasteiger partial charge in [-0.05, 0) is 44.6 Å². The molecule has 0 aromatic heterocycles. The maximum absolute atomic E-state index is 5.71. The second kappa shape index (κ2) is 2.76. The fourth-order valence-electron chi connectivity index (χ4n) is 2.10. The molecule has 11 heavy (non-hydrogen) atoms. The van der Waals surface area contributed by atoms with Crippen molar-refractivity contribution >= 4 is 0 Å². The zero-order chi connectivity index (χ0) is 7.73. The summed E-state index contributed by atoms with van der Waals surface area (Å²) in [6, 6.07) is 0. The summed E-state index contributed by atoms with van der Waals surface area (Å²) in [4.78, 5) is 0. The van der Waals surface area contributed by atoms with E-state index in [0.29, 0.717) is 5.60 Å². The molecule has 1 unspecified atom stereocenters. The molecule has 2 rings (SSSR count). The first kappa shape index (κ1) is 7.56. The largest absolute Gasteiger partial charge is 0.375 e. The molecule has 1 spiro atoms. The van der Waals surface area contributed by atoms with Crippen molar-refractivity contribution in [3.63, 3.8) is 0 Å². The summed E-state index contributed by atoms with van der Waals surface area (Å²) in [5, 5.41) is 0. The third-order valence-corrected chi connectivity index (χ3v) is 2.98. The van der Waals surface area contributed by atoms with Crippen LogP contribution in [0.1, 0.15) is 32.1 Å². The molecule has 2 nitrogen and oxygen atoms in total. The molecule has 0 amide bonds. The minimum atomic E-state index is 0.345. The molecule has 2 aliphatic rings. The third-order valence-electron chi connectivity index (χ3n) is 2.98. The lowest BCUT2D eigenvalue weighted by Gasteiger charge is -2.29. The van der Waals surface area contributed by atoms with E-state index >= 15 is 0 Å². The van der Waals surface area contributed by atoms with Crippen molar-refractivity contribution in [3.8, 4) is 0 Å². The van der Waals surface area contributed by atoms with E-state index < -0.39 is 0 Å². The van der Waals surface area contributed by atoms with E-state index in [1.807, 2.05) is 0 Å². The fraction of sp³-hybridized carbons (Fsp3) is 1.00. The molecule has 1 saturated heterocycles.